The molecular weight excluding hydrogens is 370 g/mol. The second-order valence-corrected chi connectivity index (χ2v) is 6.83. The number of imide groups is 1. The lowest BCUT2D eigenvalue weighted by molar-refractivity contribution is 0.0420. The number of hydrogen-bond acceptors (Lipinski definition) is 5. The average Bonchev–Trinajstić information content (AvgIpc) is 3.19. The monoisotopic (exact) mass is 389 g/mol. The molecule has 0 unspecified atom stereocenters. The van der Waals surface area contributed by atoms with Crippen LogP contribution in [0.5, 0.6) is 0 Å². The quantitative estimate of drug-likeness (QED) is 0.495. The molecule has 7 heteroatoms. The molecule has 146 valence electrons. The molecule has 29 heavy (non-hydrogen) atoms. The summed E-state index contributed by atoms with van der Waals surface area (Å²) in [5.74, 6) is -1.24. The number of hydrogen-bond donors (Lipinski definition) is 0. The number of benzene rings is 2. The third-order valence-electron chi connectivity index (χ3n) is 4.78. The van der Waals surface area contributed by atoms with Gasteiger partial charge >= 0.3 is 5.97 Å². The Balaban J connectivity index is 1.36. The van der Waals surface area contributed by atoms with Crippen molar-refractivity contribution in [3.8, 4) is 5.69 Å². The molecule has 0 saturated carbocycles. The van der Waals surface area contributed by atoms with Gasteiger partial charge in [0, 0.05) is 5.69 Å². The lowest BCUT2D eigenvalue weighted by atomic mass is 10.1. The summed E-state index contributed by atoms with van der Waals surface area (Å²) in [6.07, 6.45) is 0. The van der Waals surface area contributed by atoms with Crippen LogP contribution in [0.4, 0.5) is 0 Å². The molecule has 4 rings (SSSR count). The summed E-state index contributed by atoms with van der Waals surface area (Å²) < 4.78 is 7.05. The van der Waals surface area contributed by atoms with E-state index in [4.69, 9.17) is 4.74 Å². The maximum atomic E-state index is 12.3. The number of aryl methyl sites for hydroxylation is 2. The number of esters is 1. The summed E-state index contributed by atoms with van der Waals surface area (Å²) in [5.41, 5.74) is 3.90. The Kier molecular flexibility index (Phi) is 4.72. The predicted molar refractivity (Wildman–Crippen MR) is 105 cm³/mol. The van der Waals surface area contributed by atoms with Crippen LogP contribution in [0, 0.1) is 13.8 Å². The molecule has 0 atom stereocenters. The zero-order valence-corrected chi connectivity index (χ0v) is 16.1. The summed E-state index contributed by atoms with van der Waals surface area (Å²) in [4.78, 5) is 38.0. The Morgan fingerprint density at radius 3 is 2.14 bits per heavy atom. The van der Waals surface area contributed by atoms with E-state index in [0.717, 1.165) is 22.0 Å². The van der Waals surface area contributed by atoms with Crippen LogP contribution in [0.3, 0.4) is 0 Å². The van der Waals surface area contributed by atoms with E-state index >= 15 is 0 Å². The Labute approximate surface area is 167 Å². The molecule has 0 saturated heterocycles. The first-order valence-electron chi connectivity index (χ1n) is 9.22. The fourth-order valence-corrected chi connectivity index (χ4v) is 3.38. The van der Waals surface area contributed by atoms with Crippen molar-refractivity contribution in [3.05, 3.63) is 82.7 Å². The zero-order valence-electron chi connectivity index (χ0n) is 16.1. The smallest absolute Gasteiger partial charge is 0.338 e. The van der Waals surface area contributed by atoms with Gasteiger partial charge in [0.05, 0.1) is 34.6 Å². The molecule has 1 aliphatic rings. The van der Waals surface area contributed by atoms with Crippen LogP contribution in [-0.4, -0.2) is 45.6 Å². The number of carbonyl (C=O) groups is 3. The number of ether oxygens (including phenoxy) is 1. The third kappa shape index (κ3) is 3.42. The lowest BCUT2D eigenvalue weighted by Gasteiger charge is -2.14. The van der Waals surface area contributed by atoms with Gasteiger partial charge < -0.3 is 4.74 Å². The molecule has 2 heterocycles. The molecule has 1 aromatic heterocycles. The molecule has 7 nitrogen and oxygen atoms in total. The number of aromatic nitrogens is 2. The molecule has 0 bridgehead atoms. The maximum absolute atomic E-state index is 12.3. The highest BCUT2D eigenvalue weighted by atomic mass is 16.5. The second kappa shape index (κ2) is 7.35. The number of fused-ring (bicyclic) bond motifs is 1. The summed E-state index contributed by atoms with van der Waals surface area (Å²) in [6, 6.07) is 15.5. The van der Waals surface area contributed by atoms with E-state index in [-0.39, 0.29) is 25.0 Å². The predicted octanol–water partition coefficient (Wildman–Crippen LogP) is 2.94. The van der Waals surface area contributed by atoms with Gasteiger partial charge in [0.1, 0.15) is 6.61 Å². The van der Waals surface area contributed by atoms with Crippen LogP contribution in [0.15, 0.2) is 54.6 Å². The number of rotatable bonds is 5. The molecule has 0 aliphatic carbocycles. The fourth-order valence-electron chi connectivity index (χ4n) is 3.38. The third-order valence-corrected chi connectivity index (χ3v) is 4.78. The van der Waals surface area contributed by atoms with Gasteiger partial charge in [0.25, 0.3) is 11.8 Å². The van der Waals surface area contributed by atoms with Crippen molar-refractivity contribution < 1.29 is 19.1 Å². The van der Waals surface area contributed by atoms with Crippen LogP contribution in [0.25, 0.3) is 5.69 Å². The van der Waals surface area contributed by atoms with Gasteiger partial charge in [-0.1, -0.05) is 12.1 Å². The number of nitrogens with zero attached hydrogens (tertiary/aromatic N) is 3. The van der Waals surface area contributed by atoms with E-state index < -0.39 is 5.97 Å². The number of amides is 2. The van der Waals surface area contributed by atoms with Crippen molar-refractivity contribution in [1.29, 1.82) is 0 Å². The van der Waals surface area contributed by atoms with Gasteiger partial charge in [-0.3, -0.25) is 14.5 Å². The van der Waals surface area contributed by atoms with Gasteiger partial charge in [-0.05, 0) is 56.3 Å². The lowest BCUT2D eigenvalue weighted by Crippen LogP contribution is -2.33. The molecule has 2 amide bonds. The molecule has 3 aromatic rings. The number of carbonyl (C=O) groups excluding carboxylic acids is 3. The van der Waals surface area contributed by atoms with Crippen LogP contribution in [0.1, 0.15) is 42.5 Å². The van der Waals surface area contributed by atoms with Crippen LogP contribution in [-0.2, 0) is 4.74 Å². The first kappa shape index (κ1) is 18.6. The Hall–Kier alpha value is -3.74. The van der Waals surface area contributed by atoms with E-state index in [9.17, 15) is 14.4 Å². The van der Waals surface area contributed by atoms with E-state index in [1.54, 1.807) is 53.2 Å². The molecule has 0 N–H and O–H groups in total. The highest BCUT2D eigenvalue weighted by molar-refractivity contribution is 6.21. The van der Waals surface area contributed by atoms with Crippen LogP contribution >= 0.6 is 0 Å². The van der Waals surface area contributed by atoms with Crippen molar-refractivity contribution in [1.82, 2.24) is 14.7 Å². The highest BCUT2D eigenvalue weighted by Crippen LogP contribution is 2.22. The summed E-state index contributed by atoms with van der Waals surface area (Å²) in [5, 5.41) is 4.41. The molecular formula is C22H19N3O4. The van der Waals surface area contributed by atoms with Gasteiger partial charge in [-0.2, -0.15) is 5.10 Å². The van der Waals surface area contributed by atoms with E-state index in [1.807, 2.05) is 19.9 Å². The molecule has 0 spiro atoms. The van der Waals surface area contributed by atoms with E-state index in [2.05, 4.69) is 5.10 Å². The minimum absolute atomic E-state index is 0.0158. The van der Waals surface area contributed by atoms with Crippen LogP contribution < -0.4 is 0 Å². The first-order valence-corrected chi connectivity index (χ1v) is 9.22. The second-order valence-electron chi connectivity index (χ2n) is 6.83. The van der Waals surface area contributed by atoms with Crippen molar-refractivity contribution >= 4 is 17.8 Å². The normalized spacial score (nSPS) is 13.0. The molecule has 1 aliphatic heterocycles. The maximum Gasteiger partial charge on any atom is 0.338 e. The topological polar surface area (TPSA) is 81.5 Å². The van der Waals surface area contributed by atoms with E-state index in [0.29, 0.717) is 16.7 Å². The van der Waals surface area contributed by atoms with Crippen molar-refractivity contribution in [2.24, 2.45) is 0 Å². The summed E-state index contributed by atoms with van der Waals surface area (Å²) in [7, 11) is 0. The summed E-state index contributed by atoms with van der Waals surface area (Å²) in [6.45, 7) is 3.83. The first-order chi connectivity index (χ1) is 14.0. The van der Waals surface area contributed by atoms with Crippen molar-refractivity contribution in [2.75, 3.05) is 13.2 Å². The average molecular weight is 389 g/mol. The SMILES string of the molecule is Cc1cc(C)n(-c2ccc(C(=O)OCCN3C(=O)c4ccccc4C3=O)cc2)n1. The van der Waals surface area contributed by atoms with Gasteiger partial charge in [-0.15, -0.1) is 0 Å². The molecule has 0 fully saturated rings. The molecule has 2 aromatic carbocycles. The highest BCUT2D eigenvalue weighted by Gasteiger charge is 2.34. The van der Waals surface area contributed by atoms with Crippen molar-refractivity contribution in [3.63, 3.8) is 0 Å². The van der Waals surface area contributed by atoms with E-state index in [1.165, 1.54) is 0 Å². The van der Waals surface area contributed by atoms with Crippen LogP contribution in [0.2, 0.25) is 0 Å². The minimum Gasteiger partial charge on any atom is -0.460 e. The Bertz CT molecular complexity index is 1080. The Morgan fingerprint density at radius 1 is 0.966 bits per heavy atom. The van der Waals surface area contributed by atoms with Crippen molar-refractivity contribution in [2.45, 2.75) is 13.8 Å². The zero-order chi connectivity index (χ0) is 20.5. The van der Waals surface area contributed by atoms with Gasteiger partial charge in [-0.25, -0.2) is 9.48 Å². The standard InChI is InChI=1S/C22H19N3O4/c1-14-13-15(2)25(23-14)17-9-7-16(8-10-17)22(28)29-12-11-24-20(26)18-5-3-4-6-19(18)21(24)27/h3-10,13H,11-12H2,1-2H3. The molecule has 0 radical (unpaired) electrons. The largest absolute Gasteiger partial charge is 0.460 e. The minimum atomic E-state index is -0.512. The van der Waals surface area contributed by atoms with Gasteiger partial charge in [0.2, 0.25) is 0 Å². The van der Waals surface area contributed by atoms with Gasteiger partial charge in [0.15, 0.2) is 0 Å². The Morgan fingerprint density at radius 2 is 1.59 bits per heavy atom. The fraction of sp³-hybridized carbons (Fsp3) is 0.182. The summed E-state index contributed by atoms with van der Waals surface area (Å²) >= 11 is 0.